The molecule has 0 aliphatic carbocycles. The first kappa shape index (κ1) is 16.0. The number of hydrogen-bond donors (Lipinski definition) is 1. The normalized spacial score (nSPS) is 25.8. The fourth-order valence-corrected chi connectivity index (χ4v) is 4.04. The molecule has 2 fully saturated rings. The number of amides is 1. The Morgan fingerprint density at radius 2 is 1.96 bits per heavy atom. The van der Waals surface area contributed by atoms with Crippen LogP contribution in [-0.2, 0) is 11.3 Å². The van der Waals surface area contributed by atoms with Crippen LogP contribution < -0.4 is 0 Å². The quantitative estimate of drug-likeness (QED) is 0.930. The molecule has 0 unspecified atom stereocenters. The van der Waals surface area contributed by atoms with Crippen LogP contribution in [0.2, 0.25) is 0 Å². The Morgan fingerprint density at radius 1 is 1.22 bits per heavy atom. The summed E-state index contributed by atoms with van der Waals surface area (Å²) in [4.78, 5) is 27.8. The number of fused-ring (bicyclic) bond motifs is 1. The van der Waals surface area contributed by atoms with Gasteiger partial charge in [-0.15, -0.1) is 0 Å². The van der Waals surface area contributed by atoms with Crippen LogP contribution in [0, 0.1) is 0 Å². The highest BCUT2D eigenvalue weighted by atomic mass is 16.4. The van der Waals surface area contributed by atoms with Crippen molar-refractivity contribution in [3.05, 3.63) is 35.4 Å². The molecular formula is C18H24N2O3. The number of rotatable bonds is 3. The zero-order chi connectivity index (χ0) is 16.4. The molecule has 2 aliphatic rings. The van der Waals surface area contributed by atoms with Gasteiger partial charge in [-0.25, -0.2) is 4.79 Å². The summed E-state index contributed by atoms with van der Waals surface area (Å²) in [6.45, 7) is 1.61. The number of carbonyl (C=O) groups excluding carboxylic acids is 1. The maximum Gasteiger partial charge on any atom is 0.336 e. The molecule has 2 heterocycles. The Balaban J connectivity index is 1.83. The predicted octanol–water partition coefficient (Wildman–Crippen LogP) is 2.36. The van der Waals surface area contributed by atoms with E-state index in [1.165, 1.54) is 0 Å². The highest BCUT2D eigenvalue weighted by Gasteiger charge is 2.37. The van der Waals surface area contributed by atoms with Crippen LogP contribution in [-0.4, -0.2) is 52.5 Å². The first-order valence-corrected chi connectivity index (χ1v) is 8.39. The summed E-state index contributed by atoms with van der Waals surface area (Å²) >= 11 is 0. The van der Waals surface area contributed by atoms with Crippen LogP contribution >= 0.6 is 0 Å². The van der Waals surface area contributed by atoms with Crippen molar-refractivity contribution in [1.82, 2.24) is 9.80 Å². The molecule has 3 rings (SSSR count). The fraction of sp³-hybridized carbons (Fsp3) is 0.556. The number of piperidine rings is 1. The van der Waals surface area contributed by atoms with Crippen molar-refractivity contribution in [3.8, 4) is 0 Å². The van der Waals surface area contributed by atoms with Crippen LogP contribution in [0.15, 0.2) is 24.3 Å². The lowest BCUT2D eigenvalue weighted by Gasteiger charge is -2.44. The van der Waals surface area contributed by atoms with Crippen LogP contribution in [0.3, 0.4) is 0 Å². The molecule has 5 heteroatoms. The van der Waals surface area contributed by atoms with Gasteiger partial charge in [0.05, 0.1) is 5.56 Å². The van der Waals surface area contributed by atoms with Gasteiger partial charge < -0.3 is 10.0 Å². The summed E-state index contributed by atoms with van der Waals surface area (Å²) < 4.78 is 0. The van der Waals surface area contributed by atoms with Crippen molar-refractivity contribution in [2.45, 2.75) is 50.7 Å². The van der Waals surface area contributed by atoms with Crippen LogP contribution in [0.4, 0.5) is 0 Å². The maximum absolute atomic E-state index is 12.1. The summed E-state index contributed by atoms with van der Waals surface area (Å²) in [5, 5.41) is 9.38. The molecule has 2 saturated heterocycles. The Morgan fingerprint density at radius 3 is 2.74 bits per heavy atom. The second-order valence-electron chi connectivity index (χ2n) is 6.61. The van der Waals surface area contributed by atoms with Crippen LogP contribution in [0.1, 0.15) is 48.0 Å². The van der Waals surface area contributed by atoms with E-state index in [0.717, 1.165) is 37.8 Å². The van der Waals surface area contributed by atoms with Crippen LogP contribution in [0.5, 0.6) is 0 Å². The van der Waals surface area contributed by atoms with E-state index in [9.17, 15) is 14.7 Å². The zero-order valence-corrected chi connectivity index (χ0v) is 13.6. The minimum Gasteiger partial charge on any atom is -0.478 e. The predicted molar refractivity (Wildman–Crippen MR) is 87.2 cm³/mol. The number of carboxylic acids is 1. The van der Waals surface area contributed by atoms with E-state index in [4.69, 9.17) is 0 Å². The van der Waals surface area contributed by atoms with E-state index < -0.39 is 5.97 Å². The SMILES string of the molecule is CN1C(=O)CCC[C@@H]2[C@H]1CCCN2Cc1ccccc1C(=O)O. The van der Waals surface area contributed by atoms with Gasteiger partial charge in [-0.2, -0.15) is 0 Å². The van der Waals surface area contributed by atoms with E-state index in [1.54, 1.807) is 12.1 Å². The fourth-order valence-electron chi connectivity index (χ4n) is 4.04. The van der Waals surface area contributed by atoms with E-state index in [2.05, 4.69) is 4.90 Å². The van der Waals surface area contributed by atoms with Gasteiger partial charge in [0, 0.05) is 32.1 Å². The Kier molecular flexibility index (Phi) is 4.66. The molecule has 0 bridgehead atoms. The lowest BCUT2D eigenvalue weighted by molar-refractivity contribution is -0.133. The highest BCUT2D eigenvalue weighted by Crippen LogP contribution is 2.30. The van der Waals surface area contributed by atoms with Crippen molar-refractivity contribution < 1.29 is 14.7 Å². The number of carboxylic acid groups (broad SMARTS) is 1. The molecule has 1 N–H and O–H groups in total. The average Bonchev–Trinajstić information content (AvgIpc) is 2.69. The standard InChI is InChI=1S/C18H24N2O3/c1-19-15-9-5-11-20(16(15)8-4-10-17(19)21)12-13-6-2-3-7-14(13)18(22)23/h2-3,6-7,15-16H,4-5,8-12H2,1H3,(H,22,23)/t15-,16-/m1/s1. The van der Waals surface area contributed by atoms with Gasteiger partial charge in [0.15, 0.2) is 0 Å². The van der Waals surface area contributed by atoms with Gasteiger partial charge in [-0.05, 0) is 43.9 Å². The number of aromatic carboxylic acids is 1. The third-order valence-corrected chi connectivity index (χ3v) is 5.26. The molecule has 1 amide bonds. The molecule has 0 aromatic heterocycles. The Bertz CT molecular complexity index is 602. The van der Waals surface area contributed by atoms with E-state index in [1.807, 2.05) is 24.1 Å². The number of nitrogens with zero attached hydrogens (tertiary/aromatic N) is 2. The number of benzene rings is 1. The van der Waals surface area contributed by atoms with Gasteiger partial charge in [-0.3, -0.25) is 9.69 Å². The van der Waals surface area contributed by atoms with Crippen molar-refractivity contribution in [2.75, 3.05) is 13.6 Å². The first-order valence-electron chi connectivity index (χ1n) is 8.39. The molecule has 0 radical (unpaired) electrons. The third kappa shape index (κ3) is 3.24. The number of likely N-dealkylation sites (N-methyl/N-ethyl adjacent to an activating group) is 1. The Hall–Kier alpha value is -1.88. The van der Waals surface area contributed by atoms with Gasteiger partial charge in [0.25, 0.3) is 0 Å². The summed E-state index contributed by atoms with van der Waals surface area (Å²) in [7, 11) is 1.92. The average molecular weight is 316 g/mol. The topological polar surface area (TPSA) is 60.9 Å². The van der Waals surface area contributed by atoms with Crippen molar-refractivity contribution >= 4 is 11.9 Å². The van der Waals surface area contributed by atoms with Crippen molar-refractivity contribution in [1.29, 1.82) is 0 Å². The number of hydrogen-bond acceptors (Lipinski definition) is 3. The molecule has 5 nitrogen and oxygen atoms in total. The molecule has 0 saturated carbocycles. The molecular weight excluding hydrogens is 292 g/mol. The zero-order valence-electron chi connectivity index (χ0n) is 13.6. The van der Waals surface area contributed by atoms with E-state index in [0.29, 0.717) is 24.6 Å². The molecule has 1 aromatic rings. The minimum atomic E-state index is -0.873. The molecule has 0 spiro atoms. The first-order chi connectivity index (χ1) is 11.1. The molecule has 1 aromatic carbocycles. The van der Waals surface area contributed by atoms with Crippen molar-refractivity contribution in [3.63, 3.8) is 0 Å². The second kappa shape index (κ2) is 6.71. The molecule has 124 valence electrons. The van der Waals surface area contributed by atoms with Crippen LogP contribution in [0.25, 0.3) is 0 Å². The second-order valence-corrected chi connectivity index (χ2v) is 6.61. The molecule has 2 atom stereocenters. The van der Waals surface area contributed by atoms with Gasteiger partial charge >= 0.3 is 5.97 Å². The van der Waals surface area contributed by atoms with Gasteiger partial charge in [-0.1, -0.05) is 18.2 Å². The summed E-state index contributed by atoms with van der Waals surface area (Å²) in [5.74, 6) is -0.632. The lowest BCUT2D eigenvalue weighted by atomic mass is 9.92. The number of likely N-dealkylation sites (tertiary alicyclic amines) is 2. The molecule has 23 heavy (non-hydrogen) atoms. The van der Waals surface area contributed by atoms with Crippen molar-refractivity contribution in [2.24, 2.45) is 0 Å². The maximum atomic E-state index is 12.1. The van der Waals surface area contributed by atoms with Gasteiger partial charge in [0.1, 0.15) is 0 Å². The lowest BCUT2D eigenvalue weighted by Crippen LogP contribution is -2.54. The molecule has 2 aliphatic heterocycles. The van der Waals surface area contributed by atoms with E-state index in [-0.39, 0.29) is 11.9 Å². The monoisotopic (exact) mass is 316 g/mol. The largest absolute Gasteiger partial charge is 0.478 e. The minimum absolute atomic E-state index is 0.241. The number of carbonyl (C=O) groups is 2. The Labute approximate surface area is 136 Å². The summed E-state index contributed by atoms with van der Waals surface area (Å²) in [6, 6.07) is 7.83. The smallest absolute Gasteiger partial charge is 0.336 e. The highest BCUT2D eigenvalue weighted by molar-refractivity contribution is 5.89. The summed E-state index contributed by atoms with van der Waals surface area (Å²) in [5.41, 5.74) is 1.24. The van der Waals surface area contributed by atoms with Gasteiger partial charge in [0.2, 0.25) is 5.91 Å². The third-order valence-electron chi connectivity index (χ3n) is 5.26. The van der Waals surface area contributed by atoms with E-state index >= 15 is 0 Å². The summed E-state index contributed by atoms with van der Waals surface area (Å²) in [6.07, 6.45) is 4.65.